The molecule has 0 heterocycles. The van der Waals surface area contributed by atoms with Gasteiger partial charge in [-0.25, -0.2) is 4.39 Å². The van der Waals surface area contributed by atoms with Crippen molar-refractivity contribution >= 4 is 5.97 Å². The second kappa shape index (κ2) is 6.50. The van der Waals surface area contributed by atoms with Crippen molar-refractivity contribution in [2.24, 2.45) is 0 Å². The lowest BCUT2D eigenvalue weighted by molar-refractivity contribution is -0.137. The van der Waals surface area contributed by atoms with Crippen LogP contribution in [0.2, 0.25) is 0 Å². The average Bonchev–Trinajstić information content (AvgIpc) is 2.30. The minimum absolute atomic E-state index is 0.142. The van der Waals surface area contributed by atoms with E-state index >= 15 is 0 Å². The van der Waals surface area contributed by atoms with E-state index in [1.165, 1.54) is 6.07 Å². The summed E-state index contributed by atoms with van der Waals surface area (Å²) in [5.74, 6) is -0.975. The van der Waals surface area contributed by atoms with Gasteiger partial charge in [-0.1, -0.05) is 12.1 Å². The predicted octanol–water partition coefficient (Wildman–Crippen LogP) is 2.47. The van der Waals surface area contributed by atoms with Crippen molar-refractivity contribution in [2.75, 3.05) is 13.6 Å². The van der Waals surface area contributed by atoms with Gasteiger partial charge in [0.2, 0.25) is 0 Å². The maximum absolute atomic E-state index is 13.1. The molecular formula is C14H20FNO2. The predicted molar refractivity (Wildman–Crippen MR) is 69.2 cm³/mol. The number of benzene rings is 1. The number of carbonyl (C=O) groups is 1. The monoisotopic (exact) mass is 253 g/mol. The molecule has 1 aromatic rings. The minimum atomic E-state index is -0.785. The number of nitrogens with zero attached hydrogens (tertiary/aromatic N) is 1. The highest BCUT2D eigenvalue weighted by Crippen LogP contribution is 2.13. The van der Waals surface area contributed by atoms with E-state index in [-0.39, 0.29) is 18.3 Å². The Kier molecular flexibility index (Phi) is 5.28. The summed E-state index contributed by atoms with van der Waals surface area (Å²) < 4.78 is 13.1. The Morgan fingerprint density at radius 3 is 2.72 bits per heavy atom. The highest BCUT2D eigenvalue weighted by Gasteiger charge is 2.11. The summed E-state index contributed by atoms with van der Waals surface area (Å²) in [5, 5.41) is 8.63. The smallest absolute Gasteiger partial charge is 0.304 e. The van der Waals surface area contributed by atoms with Crippen LogP contribution in [-0.2, 0) is 11.2 Å². The van der Waals surface area contributed by atoms with E-state index in [2.05, 4.69) is 0 Å². The lowest BCUT2D eigenvalue weighted by atomic mass is 10.0. The van der Waals surface area contributed by atoms with Crippen molar-refractivity contribution in [1.82, 2.24) is 4.90 Å². The second-order valence-corrected chi connectivity index (χ2v) is 4.76. The van der Waals surface area contributed by atoms with Gasteiger partial charge in [0.1, 0.15) is 5.82 Å². The average molecular weight is 253 g/mol. The summed E-state index contributed by atoms with van der Waals surface area (Å²) in [5.41, 5.74) is 1.72. The number of hydrogen-bond donors (Lipinski definition) is 1. The third-order valence-electron chi connectivity index (χ3n) is 3.18. The van der Waals surface area contributed by atoms with Crippen molar-refractivity contribution in [2.45, 2.75) is 32.7 Å². The third-order valence-corrected chi connectivity index (χ3v) is 3.18. The van der Waals surface area contributed by atoms with Crippen LogP contribution in [0.1, 0.15) is 24.5 Å². The largest absolute Gasteiger partial charge is 0.481 e. The number of hydrogen-bond acceptors (Lipinski definition) is 2. The summed E-state index contributed by atoms with van der Waals surface area (Å²) in [4.78, 5) is 12.5. The van der Waals surface area contributed by atoms with Crippen LogP contribution >= 0.6 is 0 Å². The number of carboxylic acid groups (broad SMARTS) is 1. The van der Waals surface area contributed by atoms with Gasteiger partial charge in [0.15, 0.2) is 0 Å². The van der Waals surface area contributed by atoms with Crippen LogP contribution in [0.25, 0.3) is 0 Å². The minimum Gasteiger partial charge on any atom is -0.481 e. The molecule has 0 aliphatic heterocycles. The molecule has 0 saturated carbocycles. The van der Waals surface area contributed by atoms with E-state index < -0.39 is 5.97 Å². The summed E-state index contributed by atoms with van der Waals surface area (Å²) in [7, 11) is 1.91. The topological polar surface area (TPSA) is 40.5 Å². The van der Waals surface area contributed by atoms with E-state index in [4.69, 9.17) is 5.11 Å². The molecule has 0 radical (unpaired) electrons. The van der Waals surface area contributed by atoms with E-state index in [9.17, 15) is 9.18 Å². The van der Waals surface area contributed by atoms with Crippen molar-refractivity contribution in [3.63, 3.8) is 0 Å². The summed E-state index contributed by atoms with van der Waals surface area (Å²) in [6.45, 7) is 4.31. The van der Waals surface area contributed by atoms with Gasteiger partial charge < -0.3 is 10.0 Å². The fourth-order valence-corrected chi connectivity index (χ4v) is 1.82. The van der Waals surface area contributed by atoms with Gasteiger partial charge in [0, 0.05) is 12.6 Å². The molecule has 0 bridgehead atoms. The van der Waals surface area contributed by atoms with Crippen molar-refractivity contribution in [3.05, 3.63) is 35.1 Å². The third kappa shape index (κ3) is 4.45. The molecule has 0 aliphatic carbocycles. The Balaban J connectivity index is 2.55. The zero-order valence-corrected chi connectivity index (χ0v) is 11.1. The SMILES string of the molecule is Cc1cc(CC(C)N(C)CCC(=O)O)ccc1F. The molecule has 1 aromatic carbocycles. The molecule has 1 atom stereocenters. The Morgan fingerprint density at radius 2 is 2.17 bits per heavy atom. The first kappa shape index (κ1) is 14.6. The first-order valence-corrected chi connectivity index (χ1v) is 6.07. The Labute approximate surface area is 107 Å². The highest BCUT2D eigenvalue weighted by molar-refractivity contribution is 5.66. The van der Waals surface area contributed by atoms with E-state index in [1.54, 1.807) is 13.0 Å². The number of aliphatic carboxylic acids is 1. The number of aryl methyl sites for hydroxylation is 1. The van der Waals surface area contributed by atoms with Gasteiger partial charge in [-0.15, -0.1) is 0 Å². The molecule has 0 aromatic heterocycles. The van der Waals surface area contributed by atoms with Crippen LogP contribution in [0.5, 0.6) is 0 Å². The molecule has 18 heavy (non-hydrogen) atoms. The van der Waals surface area contributed by atoms with Crippen LogP contribution in [0, 0.1) is 12.7 Å². The molecule has 100 valence electrons. The Hall–Kier alpha value is -1.42. The summed E-state index contributed by atoms with van der Waals surface area (Å²) in [6.07, 6.45) is 0.931. The molecule has 0 spiro atoms. The van der Waals surface area contributed by atoms with Crippen molar-refractivity contribution in [3.8, 4) is 0 Å². The number of likely N-dealkylation sites (N-methyl/N-ethyl adjacent to an activating group) is 1. The van der Waals surface area contributed by atoms with Gasteiger partial charge in [0.05, 0.1) is 6.42 Å². The van der Waals surface area contributed by atoms with Crippen LogP contribution in [0.4, 0.5) is 4.39 Å². The zero-order chi connectivity index (χ0) is 13.7. The zero-order valence-electron chi connectivity index (χ0n) is 11.1. The fraction of sp³-hybridized carbons (Fsp3) is 0.500. The maximum Gasteiger partial charge on any atom is 0.304 e. The molecular weight excluding hydrogens is 233 g/mol. The molecule has 3 nitrogen and oxygen atoms in total. The van der Waals surface area contributed by atoms with Gasteiger partial charge in [-0.3, -0.25) is 4.79 Å². The van der Waals surface area contributed by atoms with Gasteiger partial charge >= 0.3 is 5.97 Å². The summed E-state index contributed by atoms with van der Waals surface area (Å²) >= 11 is 0. The van der Waals surface area contributed by atoms with Crippen molar-refractivity contribution in [1.29, 1.82) is 0 Å². The van der Waals surface area contributed by atoms with Crippen LogP contribution in [-0.4, -0.2) is 35.6 Å². The molecule has 1 rings (SSSR count). The number of halogens is 1. The number of rotatable bonds is 6. The van der Waals surface area contributed by atoms with Gasteiger partial charge in [-0.2, -0.15) is 0 Å². The quantitative estimate of drug-likeness (QED) is 0.846. The molecule has 0 aliphatic rings. The maximum atomic E-state index is 13.1. The lowest BCUT2D eigenvalue weighted by Gasteiger charge is -2.24. The van der Waals surface area contributed by atoms with Gasteiger partial charge in [0.25, 0.3) is 0 Å². The van der Waals surface area contributed by atoms with E-state index in [0.717, 1.165) is 12.0 Å². The molecule has 1 unspecified atom stereocenters. The lowest BCUT2D eigenvalue weighted by Crippen LogP contribution is -2.32. The molecule has 0 fully saturated rings. The second-order valence-electron chi connectivity index (χ2n) is 4.76. The van der Waals surface area contributed by atoms with Crippen molar-refractivity contribution < 1.29 is 14.3 Å². The first-order valence-electron chi connectivity index (χ1n) is 6.07. The molecule has 4 heteroatoms. The van der Waals surface area contributed by atoms with Crippen LogP contribution in [0.15, 0.2) is 18.2 Å². The molecule has 1 N–H and O–H groups in total. The van der Waals surface area contributed by atoms with Gasteiger partial charge in [-0.05, 0) is 44.5 Å². The summed E-state index contributed by atoms with van der Waals surface area (Å²) in [6, 6.07) is 5.34. The number of carboxylic acids is 1. The first-order chi connectivity index (χ1) is 8.40. The Morgan fingerprint density at radius 1 is 1.50 bits per heavy atom. The van der Waals surface area contributed by atoms with Crippen LogP contribution in [0.3, 0.4) is 0 Å². The molecule has 0 saturated heterocycles. The van der Waals surface area contributed by atoms with E-state index in [1.807, 2.05) is 24.9 Å². The Bertz CT molecular complexity index is 420. The van der Waals surface area contributed by atoms with Crippen LogP contribution < -0.4 is 0 Å². The normalized spacial score (nSPS) is 12.7. The standard InChI is InChI=1S/C14H20FNO2/c1-10-8-12(4-5-13(10)15)9-11(2)16(3)7-6-14(17)18/h4-5,8,11H,6-7,9H2,1-3H3,(H,17,18). The highest BCUT2D eigenvalue weighted by atomic mass is 19.1. The fourth-order valence-electron chi connectivity index (χ4n) is 1.82. The molecule has 0 amide bonds. The van der Waals surface area contributed by atoms with E-state index in [0.29, 0.717) is 12.1 Å².